The predicted molar refractivity (Wildman–Crippen MR) is 122 cm³/mol. The zero-order chi connectivity index (χ0) is 23.3. The third-order valence-corrected chi connectivity index (χ3v) is 5.89. The number of esters is 1. The molecule has 5 rings (SSSR count). The normalized spacial score (nSPS) is 28.6. The molecule has 34 heavy (non-hydrogen) atoms. The first kappa shape index (κ1) is 22.7. The van der Waals surface area contributed by atoms with Gasteiger partial charge in [-0.2, -0.15) is 0 Å². The maximum Gasteiger partial charge on any atom is 0.338 e. The minimum absolute atomic E-state index is 0.200. The molecule has 0 saturated carbocycles. The van der Waals surface area contributed by atoms with E-state index in [1.807, 2.05) is 66.7 Å². The summed E-state index contributed by atoms with van der Waals surface area (Å²) in [7, 11) is 0. The third-order valence-electron chi connectivity index (χ3n) is 5.89. The summed E-state index contributed by atoms with van der Waals surface area (Å²) in [5.74, 6) is -0.577. The Kier molecular flexibility index (Phi) is 6.99. The summed E-state index contributed by atoms with van der Waals surface area (Å²) in [4.78, 5) is 12.8. The number of benzene rings is 3. The second-order valence-electron chi connectivity index (χ2n) is 8.24. The molecule has 3 aromatic carbocycles. The maximum atomic E-state index is 12.8. The molecule has 1 N–H and O–H groups in total. The van der Waals surface area contributed by atoms with Crippen LogP contribution in [-0.2, 0) is 30.3 Å². The number of ether oxygens (including phenoxy) is 5. The summed E-state index contributed by atoms with van der Waals surface area (Å²) >= 11 is 0. The Morgan fingerprint density at radius 1 is 0.882 bits per heavy atom. The van der Waals surface area contributed by atoms with E-state index < -0.39 is 43.0 Å². The van der Waals surface area contributed by atoms with E-state index in [-0.39, 0.29) is 13.2 Å². The molecule has 0 spiro atoms. The van der Waals surface area contributed by atoms with Crippen LogP contribution in [0.2, 0.25) is 0 Å². The molecule has 0 aromatic heterocycles. The van der Waals surface area contributed by atoms with Gasteiger partial charge in [0.1, 0.15) is 18.3 Å². The molecule has 6 atom stereocenters. The fraction of sp³-hybridized carbons (Fsp3) is 0.296. The van der Waals surface area contributed by atoms with Crippen LogP contribution in [0.25, 0.3) is 0 Å². The Morgan fingerprint density at radius 2 is 1.53 bits per heavy atom. The number of aliphatic hydroxyl groups excluding tert-OH is 1. The topological polar surface area (TPSA) is 83.5 Å². The number of carbonyl (C=O) groups is 1. The second-order valence-corrected chi connectivity index (χ2v) is 8.24. The second kappa shape index (κ2) is 10.5. The van der Waals surface area contributed by atoms with E-state index in [1.54, 1.807) is 24.3 Å². The average Bonchev–Trinajstić information content (AvgIpc) is 2.90. The molecule has 0 bridgehead atoms. The zero-order valence-corrected chi connectivity index (χ0v) is 18.4. The SMILES string of the molecule is O=C(O[C@@H]1[C@H](OCc2ccccc2)O[C@@H]2COC(c3ccccc3)O[C@@H]2[C@@H]1O)c1ccccc1. The summed E-state index contributed by atoms with van der Waals surface area (Å²) < 4.78 is 29.7. The van der Waals surface area contributed by atoms with E-state index in [0.717, 1.165) is 11.1 Å². The molecule has 7 heteroatoms. The Morgan fingerprint density at radius 3 is 2.24 bits per heavy atom. The Hall–Kier alpha value is -3.07. The highest BCUT2D eigenvalue weighted by molar-refractivity contribution is 5.89. The highest BCUT2D eigenvalue weighted by atomic mass is 16.8. The molecule has 176 valence electrons. The molecule has 2 aliphatic rings. The molecule has 2 heterocycles. The molecular weight excluding hydrogens is 436 g/mol. The van der Waals surface area contributed by atoms with Crippen molar-refractivity contribution in [1.82, 2.24) is 0 Å². The Bertz CT molecular complexity index is 1060. The van der Waals surface area contributed by atoms with E-state index in [2.05, 4.69) is 0 Å². The molecule has 2 aliphatic heterocycles. The van der Waals surface area contributed by atoms with E-state index in [1.165, 1.54) is 0 Å². The van der Waals surface area contributed by atoms with Crippen molar-refractivity contribution in [3.8, 4) is 0 Å². The van der Waals surface area contributed by atoms with Crippen molar-refractivity contribution < 1.29 is 33.6 Å². The number of fused-ring (bicyclic) bond motifs is 1. The largest absolute Gasteiger partial charge is 0.450 e. The van der Waals surface area contributed by atoms with Crippen LogP contribution in [0, 0.1) is 0 Å². The summed E-state index contributed by atoms with van der Waals surface area (Å²) in [6, 6.07) is 27.6. The van der Waals surface area contributed by atoms with Crippen LogP contribution in [0.15, 0.2) is 91.0 Å². The predicted octanol–water partition coefficient (Wildman–Crippen LogP) is 3.63. The monoisotopic (exact) mass is 462 g/mol. The first-order chi connectivity index (χ1) is 16.7. The van der Waals surface area contributed by atoms with Crippen molar-refractivity contribution >= 4 is 5.97 Å². The van der Waals surface area contributed by atoms with Gasteiger partial charge in [0.15, 0.2) is 18.7 Å². The highest BCUT2D eigenvalue weighted by Crippen LogP contribution is 2.35. The van der Waals surface area contributed by atoms with E-state index in [0.29, 0.717) is 5.56 Å². The summed E-state index contributed by atoms with van der Waals surface area (Å²) in [5, 5.41) is 11.3. The smallest absolute Gasteiger partial charge is 0.338 e. The van der Waals surface area contributed by atoms with Crippen LogP contribution in [0.4, 0.5) is 0 Å². The molecule has 7 nitrogen and oxygen atoms in total. The number of rotatable bonds is 6. The van der Waals surface area contributed by atoms with Crippen LogP contribution in [0.1, 0.15) is 27.8 Å². The van der Waals surface area contributed by atoms with Gasteiger partial charge in [0.05, 0.1) is 18.8 Å². The molecule has 2 saturated heterocycles. The first-order valence-electron chi connectivity index (χ1n) is 11.3. The summed E-state index contributed by atoms with van der Waals surface area (Å²) in [6.07, 6.45) is -5.27. The quantitative estimate of drug-likeness (QED) is 0.560. The molecular formula is C27H26O7. The Labute approximate surface area is 197 Å². The number of hydrogen-bond acceptors (Lipinski definition) is 7. The van der Waals surface area contributed by atoms with Crippen molar-refractivity contribution in [2.75, 3.05) is 6.61 Å². The van der Waals surface area contributed by atoms with Gasteiger partial charge in [0.2, 0.25) is 0 Å². The van der Waals surface area contributed by atoms with E-state index in [9.17, 15) is 9.90 Å². The minimum atomic E-state index is -1.18. The number of hydrogen-bond donors (Lipinski definition) is 1. The minimum Gasteiger partial charge on any atom is -0.450 e. The van der Waals surface area contributed by atoms with Gasteiger partial charge in [-0.3, -0.25) is 0 Å². The number of carbonyl (C=O) groups excluding carboxylic acids is 1. The van der Waals surface area contributed by atoms with Crippen molar-refractivity contribution in [3.63, 3.8) is 0 Å². The van der Waals surface area contributed by atoms with Gasteiger partial charge in [-0.25, -0.2) is 4.79 Å². The third kappa shape index (κ3) is 5.04. The van der Waals surface area contributed by atoms with E-state index in [4.69, 9.17) is 23.7 Å². The standard InChI is InChI=1S/C27H26O7/c28-22-23-21(17-31-26(34-23)20-14-8-3-9-15-20)32-27(30-16-18-10-4-1-5-11-18)24(22)33-25(29)19-12-6-2-7-13-19/h1-15,21-24,26-28H,16-17H2/t21-,22+,23+,24+,26?,27-/m1/s1. The lowest BCUT2D eigenvalue weighted by molar-refractivity contribution is -0.362. The fourth-order valence-electron chi connectivity index (χ4n) is 4.12. The number of aliphatic hydroxyl groups is 1. The van der Waals surface area contributed by atoms with Gasteiger partial charge < -0.3 is 28.8 Å². The van der Waals surface area contributed by atoms with E-state index >= 15 is 0 Å². The molecule has 0 amide bonds. The molecule has 1 unspecified atom stereocenters. The highest BCUT2D eigenvalue weighted by Gasteiger charge is 2.51. The van der Waals surface area contributed by atoms with Gasteiger partial charge in [0, 0.05) is 5.56 Å². The lowest BCUT2D eigenvalue weighted by Gasteiger charge is -2.47. The van der Waals surface area contributed by atoms with Gasteiger partial charge in [0.25, 0.3) is 0 Å². The van der Waals surface area contributed by atoms with Crippen LogP contribution in [-0.4, -0.2) is 48.4 Å². The van der Waals surface area contributed by atoms with Crippen molar-refractivity contribution in [2.45, 2.75) is 43.6 Å². The maximum absolute atomic E-state index is 12.8. The van der Waals surface area contributed by atoms with Crippen LogP contribution in [0.3, 0.4) is 0 Å². The van der Waals surface area contributed by atoms with Crippen molar-refractivity contribution in [3.05, 3.63) is 108 Å². The molecule has 0 aliphatic carbocycles. The first-order valence-corrected chi connectivity index (χ1v) is 11.3. The average molecular weight is 462 g/mol. The van der Waals surface area contributed by atoms with Gasteiger partial charge in [-0.15, -0.1) is 0 Å². The van der Waals surface area contributed by atoms with Crippen molar-refractivity contribution in [1.29, 1.82) is 0 Å². The van der Waals surface area contributed by atoms with Gasteiger partial charge >= 0.3 is 5.97 Å². The fourth-order valence-corrected chi connectivity index (χ4v) is 4.12. The van der Waals surface area contributed by atoms with Crippen LogP contribution in [0.5, 0.6) is 0 Å². The Balaban J connectivity index is 1.35. The van der Waals surface area contributed by atoms with Crippen LogP contribution >= 0.6 is 0 Å². The van der Waals surface area contributed by atoms with Gasteiger partial charge in [-0.1, -0.05) is 78.9 Å². The molecule has 3 aromatic rings. The summed E-state index contributed by atoms with van der Waals surface area (Å²) in [6.45, 7) is 0.426. The van der Waals surface area contributed by atoms with Gasteiger partial charge in [-0.05, 0) is 17.7 Å². The lowest BCUT2D eigenvalue weighted by Crippen LogP contribution is -2.63. The lowest BCUT2D eigenvalue weighted by atomic mass is 9.97. The molecule has 0 radical (unpaired) electrons. The summed E-state index contributed by atoms with van der Waals surface area (Å²) in [5.41, 5.74) is 2.12. The van der Waals surface area contributed by atoms with Crippen LogP contribution < -0.4 is 0 Å². The molecule has 2 fully saturated rings. The van der Waals surface area contributed by atoms with Crippen molar-refractivity contribution in [2.24, 2.45) is 0 Å². The zero-order valence-electron chi connectivity index (χ0n) is 18.4.